The maximum atomic E-state index is 12.4. The third-order valence-corrected chi connectivity index (χ3v) is 3.59. The average molecular weight is 240 g/mol. The van der Waals surface area contributed by atoms with Gasteiger partial charge < -0.3 is 10.2 Å². The molecule has 1 rings (SSSR count). The van der Waals surface area contributed by atoms with E-state index in [1.165, 1.54) is 0 Å². The van der Waals surface area contributed by atoms with Crippen molar-refractivity contribution in [1.82, 2.24) is 10.2 Å². The van der Waals surface area contributed by atoms with Crippen LogP contribution in [0.25, 0.3) is 0 Å². The molecule has 17 heavy (non-hydrogen) atoms. The van der Waals surface area contributed by atoms with Gasteiger partial charge in [-0.05, 0) is 26.2 Å². The first-order valence-corrected chi connectivity index (χ1v) is 6.66. The normalized spacial score (nSPS) is 26.1. The van der Waals surface area contributed by atoms with Gasteiger partial charge in [-0.2, -0.15) is 0 Å². The summed E-state index contributed by atoms with van der Waals surface area (Å²) in [6, 6.07) is -0.0868. The molecule has 0 spiro atoms. The fourth-order valence-electron chi connectivity index (χ4n) is 2.58. The fourth-order valence-corrected chi connectivity index (χ4v) is 2.58. The summed E-state index contributed by atoms with van der Waals surface area (Å²) in [7, 11) is 0. The predicted molar refractivity (Wildman–Crippen MR) is 67.5 cm³/mol. The second-order valence-electron chi connectivity index (χ2n) is 4.80. The van der Waals surface area contributed by atoms with Gasteiger partial charge in [0.2, 0.25) is 11.8 Å². The molecular formula is C13H24N2O2. The third kappa shape index (κ3) is 2.99. The Labute approximate surface area is 104 Å². The van der Waals surface area contributed by atoms with Gasteiger partial charge in [-0.3, -0.25) is 9.59 Å². The monoisotopic (exact) mass is 240 g/mol. The van der Waals surface area contributed by atoms with E-state index in [1.807, 2.05) is 18.7 Å². The van der Waals surface area contributed by atoms with Crippen LogP contribution in [-0.4, -0.2) is 34.8 Å². The number of hydrogen-bond acceptors (Lipinski definition) is 2. The van der Waals surface area contributed by atoms with E-state index in [9.17, 15) is 9.59 Å². The number of carbonyl (C=O) groups is 2. The SMILES string of the molecule is CCC1NC(=O)CC(C)N(C(CC)CC)C1=O. The molecule has 0 aliphatic carbocycles. The van der Waals surface area contributed by atoms with Crippen molar-refractivity contribution < 1.29 is 9.59 Å². The van der Waals surface area contributed by atoms with E-state index in [4.69, 9.17) is 0 Å². The molecule has 0 aromatic heterocycles. The van der Waals surface area contributed by atoms with Gasteiger partial charge in [0, 0.05) is 18.5 Å². The van der Waals surface area contributed by atoms with Crippen LogP contribution >= 0.6 is 0 Å². The number of rotatable bonds is 4. The molecule has 2 unspecified atom stereocenters. The van der Waals surface area contributed by atoms with Crippen LogP contribution in [-0.2, 0) is 9.59 Å². The molecule has 98 valence electrons. The predicted octanol–water partition coefficient (Wildman–Crippen LogP) is 1.69. The van der Waals surface area contributed by atoms with Crippen LogP contribution < -0.4 is 5.32 Å². The Bertz CT molecular complexity index is 287. The molecule has 0 aromatic rings. The molecule has 2 amide bonds. The van der Waals surface area contributed by atoms with E-state index in [-0.39, 0.29) is 29.9 Å². The Balaban J connectivity index is 2.97. The van der Waals surface area contributed by atoms with Crippen molar-refractivity contribution in [2.45, 2.75) is 71.5 Å². The summed E-state index contributed by atoms with van der Waals surface area (Å²) in [4.78, 5) is 26.0. The summed E-state index contributed by atoms with van der Waals surface area (Å²) < 4.78 is 0. The first-order valence-electron chi connectivity index (χ1n) is 6.66. The molecule has 1 fully saturated rings. The van der Waals surface area contributed by atoms with Gasteiger partial charge in [0.1, 0.15) is 6.04 Å². The molecule has 1 aliphatic rings. The zero-order valence-corrected chi connectivity index (χ0v) is 11.3. The lowest BCUT2D eigenvalue weighted by Crippen LogP contribution is -2.50. The Morgan fingerprint density at radius 2 is 1.88 bits per heavy atom. The zero-order valence-electron chi connectivity index (χ0n) is 11.3. The van der Waals surface area contributed by atoms with E-state index >= 15 is 0 Å². The van der Waals surface area contributed by atoms with E-state index in [0.717, 1.165) is 12.8 Å². The standard InChI is InChI=1S/C13H24N2O2/c1-5-10(6-2)15-9(4)8-12(16)14-11(7-3)13(15)17/h9-11H,5-8H2,1-4H3,(H,14,16). The maximum Gasteiger partial charge on any atom is 0.245 e. The average Bonchev–Trinajstić information content (AvgIpc) is 2.40. The zero-order chi connectivity index (χ0) is 13.0. The molecule has 1 aliphatic heterocycles. The molecule has 0 bridgehead atoms. The van der Waals surface area contributed by atoms with Crippen molar-refractivity contribution in [3.05, 3.63) is 0 Å². The van der Waals surface area contributed by atoms with Crippen LogP contribution in [0.15, 0.2) is 0 Å². The van der Waals surface area contributed by atoms with Gasteiger partial charge >= 0.3 is 0 Å². The molecule has 0 saturated carbocycles. The van der Waals surface area contributed by atoms with Gasteiger partial charge in [0.15, 0.2) is 0 Å². The largest absolute Gasteiger partial charge is 0.344 e. The summed E-state index contributed by atoms with van der Waals surface area (Å²) in [5, 5.41) is 2.81. The molecular weight excluding hydrogens is 216 g/mol. The number of nitrogens with zero attached hydrogens (tertiary/aromatic N) is 1. The van der Waals surface area contributed by atoms with Gasteiger partial charge in [-0.15, -0.1) is 0 Å². The molecule has 2 atom stereocenters. The molecule has 4 nitrogen and oxygen atoms in total. The molecule has 1 saturated heterocycles. The van der Waals surface area contributed by atoms with E-state index in [1.54, 1.807) is 0 Å². The summed E-state index contributed by atoms with van der Waals surface area (Å²) in [5.41, 5.74) is 0. The van der Waals surface area contributed by atoms with E-state index < -0.39 is 0 Å². The lowest BCUT2D eigenvalue weighted by molar-refractivity contribution is -0.137. The Morgan fingerprint density at radius 1 is 1.29 bits per heavy atom. The van der Waals surface area contributed by atoms with Crippen molar-refractivity contribution in [3.8, 4) is 0 Å². The molecule has 1 heterocycles. The lowest BCUT2D eigenvalue weighted by Gasteiger charge is -2.35. The van der Waals surface area contributed by atoms with Crippen LogP contribution in [0.3, 0.4) is 0 Å². The highest BCUT2D eigenvalue weighted by Crippen LogP contribution is 2.19. The van der Waals surface area contributed by atoms with Crippen LogP contribution in [0, 0.1) is 0 Å². The van der Waals surface area contributed by atoms with Crippen molar-refractivity contribution >= 4 is 11.8 Å². The van der Waals surface area contributed by atoms with Crippen LogP contribution in [0.1, 0.15) is 53.4 Å². The topological polar surface area (TPSA) is 49.4 Å². The highest BCUT2D eigenvalue weighted by molar-refractivity contribution is 5.90. The van der Waals surface area contributed by atoms with E-state index in [2.05, 4.69) is 19.2 Å². The van der Waals surface area contributed by atoms with Gasteiger partial charge in [-0.25, -0.2) is 0 Å². The Kier molecular flexibility index (Phi) is 4.97. The number of amides is 2. The third-order valence-electron chi connectivity index (χ3n) is 3.59. The quantitative estimate of drug-likeness (QED) is 0.813. The van der Waals surface area contributed by atoms with Crippen LogP contribution in [0.5, 0.6) is 0 Å². The number of hydrogen-bond donors (Lipinski definition) is 1. The van der Waals surface area contributed by atoms with Crippen molar-refractivity contribution in [3.63, 3.8) is 0 Å². The van der Waals surface area contributed by atoms with Crippen molar-refractivity contribution in [1.29, 1.82) is 0 Å². The highest BCUT2D eigenvalue weighted by Gasteiger charge is 2.35. The second-order valence-corrected chi connectivity index (χ2v) is 4.80. The Hall–Kier alpha value is -1.06. The van der Waals surface area contributed by atoms with Gasteiger partial charge in [0.05, 0.1) is 0 Å². The summed E-state index contributed by atoms with van der Waals surface area (Å²) >= 11 is 0. The summed E-state index contributed by atoms with van der Waals surface area (Å²) in [5.74, 6) is 0.0747. The Morgan fingerprint density at radius 3 is 2.35 bits per heavy atom. The van der Waals surface area contributed by atoms with Gasteiger partial charge in [-0.1, -0.05) is 20.8 Å². The smallest absolute Gasteiger partial charge is 0.245 e. The van der Waals surface area contributed by atoms with Gasteiger partial charge in [0.25, 0.3) is 0 Å². The minimum atomic E-state index is -0.340. The fraction of sp³-hybridized carbons (Fsp3) is 0.846. The highest BCUT2D eigenvalue weighted by atomic mass is 16.2. The van der Waals surface area contributed by atoms with Crippen LogP contribution in [0.2, 0.25) is 0 Å². The molecule has 0 radical (unpaired) electrons. The minimum Gasteiger partial charge on any atom is -0.344 e. The minimum absolute atomic E-state index is 0.00366. The maximum absolute atomic E-state index is 12.4. The first kappa shape index (κ1) is 14.0. The van der Waals surface area contributed by atoms with Crippen molar-refractivity contribution in [2.24, 2.45) is 0 Å². The van der Waals surface area contributed by atoms with Crippen LogP contribution in [0.4, 0.5) is 0 Å². The molecule has 1 N–H and O–H groups in total. The second kappa shape index (κ2) is 6.03. The lowest BCUT2D eigenvalue weighted by atomic mass is 10.0. The molecule has 0 aromatic carbocycles. The molecule has 4 heteroatoms. The number of nitrogens with one attached hydrogen (secondary N) is 1. The first-order chi connectivity index (χ1) is 8.04. The number of carbonyl (C=O) groups excluding carboxylic acids is 2. The summed E-state index contributed by atoms with van der Waals surface area (Å²) in [6.07, 6.45) is 2.96. The van der Waals surface area contributed by atoms with E-state index in [0.29, 0.717) is 12.8 Å². The van der Waals surface area contributed by atoms with Crippen molar-refractivity contribution in [2.75, 3.05) is 0 Å². The summed E-state index contributed by atoms with van der Waals surface area (Å²) in [6.45, 7) is 8.09.